The lowest BCUT2D eigenvalue weighted by Gasteiger charge is -2.16. The van der Waals surface area contributed by atoms with Gasteiger partial charge in [-0.2, -0.15) is 0 Å². The molecule has 0 radical (unpaired) electrons. The molecule has 19 heavy (non-hydrogen) atoms. The third-order valence-corrected chi connectivity index (χ3v) is 5.00. The molecule has 0 saturated heterocycles. The monoisotopic (exact) mass is 376 g/mol. The average Bonchev–Trinajstić information content (AvgIpc) is 2.33. The van der Waals surface area contributed by atoms with E-state index in [4.69, 9.17) is 34.8 Å². The second kappa shape index (κ2) is 6.05. The molecule has 0 aliphatic heterocycles. The summed E-state index contributed by atoms with van der Waals surface area (Å²) in [6.07, 6.45) is 0. The topological polar surface area (TPSA) is 0 Å². The minimum absolute atomic E-state index is 0.0518. The van der Waals surface area contributed by atoms with E-state index in [0.29, 0.717) is 10.0 Å². The lowest BCUT2D eigenvalue weighted by molar-refractivity contribution is 1.16. The van der Waals surface area contributed by atoms with E-state index >= 15 is 0 Å². The summed E-state index contributed by atoms with van der Waals surface area (Å²) in [5.41, 5.74) is 4.34. The number of halogens is 4. The molecule has 1 unspecified atom stereocenters. The molecule has 0 aliphatic carbocycles. The van der Waals surface area contributed by atoms with E-state index < -0.39 is 0 Å². The van der Waals surface area contributed by atoms with E-state index in [1.54, 1.807) is 6.07 Å². The zero-order valence-corrected chi connectivity index (χ0v) is 14.3. The SMILES string of the molecule is Cc1cc(Cl)c(C(Br)c2ccc(Cl)cc2Cl)cc1C. The van der Waals surface area contributed by atoms with Gasteiger partial charge in [-0.1, -0.05) is 62.9 Å². The zero-order valence-electron chi connectivity index (χ0n) is 10.5. The lowest BCUT2D eigenvalue weighted by Crippen LogP contribution is -1.97. The lowest BCUT2D eigenvalue weighted by atomic mass is 10.00. The third-order valence-electron chi connectivity index (χ3n) is 3.12. The maximum absolute atomic E-state index is 6.33. The van der Waals surface area contributed by atoms with Gasteiger partial charge >= 0.3 is 0 Å². The van der Waals surface area contributed by atoms with Gasteiger partial charge in [0.05, 0.1) is 4.83 Å². The van der Waals surface area contributed by atoms with Crippen LogP contribution in [0.3, 0.4) is 0 Å². The van der Waals surface area contributed by atoms with E-state index in [1.807, 2.05) is 25.1 Å². The molecule has 4 heteroatoms. The Bertz CT molecular complexity index is 623. The van der Waals surface area contributed by atoms with Gasteiger partial charge in [-0.05, 0) is 54.3 Å². The molecular weight excluding hydrogens is 366 g/mol. The zero-order chi connectivity index (χ0) is 14.2. The minimum atomic E-state index is -0.0518. The van der Waals surface area contributed by atoms with Crippen molar-refractivity contribution in [2.45, 2.75) is 18.7 Å². The number of rotatable bonds is 2. The van der Waals surface area contributed by atoms with Gasteiger partial charge in [0.2, 0.25) is 0 Å². The molecule has 0 nitrogen and oxygen atoms in total. The van der Waals surface area contributed by atoms with Crippen LogP contribution in [0.1, 0.15) is 27.1 Å². The molecule has 0 aromatic heterocycles. The fourth-order valence-electron chi connectivity index (χ4n) is 1.87. The Labute approximate surface area is 136 Å². The van der Waals surface area contributed by atoms with Gasteiger partial charge in [-0.3, -0.25) is 0 Å². The van der Waals surface area contributed by atoms with Crippen LogP contribution in [-0.2, 0) is 0 Å². The van der Waals surface area contributed by atoms with Crippen LogP contribution >= 0.6 is 50.7 Å². The normalized spacial score (nSPS) is 12.5. The Hall–Kier alpha value is -0.210. The van der Waals surface area contributed by atoms with Crippen LogP contribution in [0.25, 0.3) is 0 Å². The van der Waals surface area contributed by atoms with E-state index in [2.05, 4.69) is 28.9 Å². The second-order valence-electron chi connectivity index (χ2n) is 4.49. The number of alkyl halides is 1. The van der Waals surface area contributed by atoms with Crippen molar-refractivity contribution in [1.82, 2.24) is 0 Å². The highest BCUT2D eigenvalue weighted by atomic mass is 79.9. The fraction of sp³-hybridized carbons (Fsp3) is 0.200. The molecule has 2 rings (SSSR count). The van der Waals surface area contributed by atoms with Crippen molar-refractivity contribution in [2.75, 3.05) is 0 Å². The predicted octanol–water partition coefficient (Wildman–Crippen LogP) is 6.75. The number of hydrogen-bond acceptors (Lipinski definition) is 0. The van der Waals surface area contributed by atoms with Gasteiger partial charge in [-0.25, -0.2) is 0 Å². The van der Waals surface area contributed by atoms with Crippen LogP contribution in [0.2, 0.25) is 15.1 Å². The smallest absolute Gasteiger partial charge is 0.0673 e. The van der Waals surface area contributed by atoms with Crippen LogP contribution < -0.4 is 0 Å². The molecule has 0 N–H and O–H groups in total. The summed E-state index contributed by atoms with van der Waals surface area (Å²) in [6.45, 7) is 4.11. The Morgan fingerprint density at radius 2 is 1.42 bits per heavy atom. The highest BCUT2D eigenvalue weighted by molar-refractivity contribution is 9.09. The minimum Gasteiger partial charge on any atom is -0.0843 e. The second-order valence-corrected chi connectivity index (χ2v) is 6.65. The molecular formula is C15H12BrCl3. The summed E-state index contributed by atoms with van der Waals surface area (Å²) in [5, 5.41) is 1.99. The number of aryl methyl sites for hydroxylation is 2. The highest BCUT2D eigenvalue weighted by Crippen LogP contribution is 2.40. The van der Waals surface area contributed by atoms with Gasteiger partial charge in [0.25, 0.3) is 0 Å². The summed E-state index contributed by atoms with van der Waals surface area (Å²) in [5.74, 6) is 0. The maximum Gasteiger partial charge on any atom is 0.0673 e. The van der Waals surface area contributed by atoms with Crippen LogP contribution in [0.5, 0.6) is 0 Å². The van der Waals surface area contributed by atoms with Crippen molar-refractivity contribution in [3.05, 3.63) is 67.7 Å². The summed E-state index contributed by atoms with van der Waals surface area (Å²) in [4.78, 5) is -0.0518. The average molecular weight is 379 g/mol. The summed E-state index contributed by atoms with van der Waals surface area (Å²) < 4.78 is 0. The molecule has 0 aliphatic rings. The molecule has 100 valence electrons. The van der Waals surface area contributed by atoms with Crippen molar-refractivity contribution in [3.63, 3.8) is 0 Å². The van der Waals surface area contributed by atoms with Crippen LogP contribution in [0.15, 0.2) is 30.3 Å². The molecule has 0 spiro atoms. The predicted molar refractivity (Wildman–Crippen MR) is 88.2 cm³/mol. The molecule has 2 aromatic rings. The van der Waals surface area contributed by atoms with Gasteiger partial charge in [-0.15, -0.1) is 0 Å². The largest absolute Gasteiger partial charge is 0.0843 e. The third kappa shape index (κ3) is 3.28. The summed E-state index contributed by atoms with van der Waals surface area (Å²) in [6, 6.07) is 9.54. The Kier molecular flexibility index (Phi) is 4.84. The standard InChI is InChI=1S/C15H12BrCl3/c1-8-5-12(13(18)6-9(8)2)15(16)11-4-3-10(17)7-14(11)19/h3-7,15H,1-2H3. The van der Waals surface area contributed by atoms with Crippen LogP contribution in [0, 0.1) is 13.8 Å². The maximum atomic E-state index is 6.33. The molecule has 0 amide bonds. The summed E-state index contributed by atoms with van der Waals surface area (Å²) in [7, 11) is 0. The molecule has 0 fully saturated rings. The van der Waals surface area contributed by atoms with Crippen LogP contribution in [-0.4, -0.2) is 0 Å². The Balaban J connectivity index is 2.49. The van der Waals surface area contributed by atoms with Gasteiger partial charge in [0.1, 0.15) is 0 Å². The van der Waals surface area contributed by atoms with Crippen molar-refractivity contribution >= 4 is 50.7 Å². The van der Waals surface area contributed by atoms with Crippen molar-refractivity contribution in [2.24, 2.45) is 0 Å². The van der Waals surface area contributed by atoms with Gasteiger partial charge in [0.15, 0.2) is 0 Å². The first kappa shape index (κ1) is 15.2. The van der Waals surface area contributed by atoms with Crippen LogP contribution in [0.4, 0.5) is 0 Å². The van der Waals surface area contributed by atoms with Crippen molar-refractivity contribution in [3.8, 4) is 0 Å². The fourth-order valence-corrected chi connectivity index (χ4v) is 3.76. The van der Waals surface area contributed by atoms with E-state index in [-0.39, 0.29) is 4.83 Å². The van der Waals surface area contributed by atoms with E-state index in [0.717, 1.165) is 16.1 Å². The number of hydrogen-bond donors (Lipinski definition) is 0. The molecule has 2 aromatic carbocycles. The molecule has 1 atom stereocenters. The molecule has 0 bridgehead atoms. The molecule has 0 heterocycles. The quantitative estimate of drug-likeness (QED) is 0.507. The van der Waals surface area contributed by atoms with Crippen molar-refractivity contribution in [1.29, 1.82) is 0 Å². The first-order valence-corrected chi connectivity index (χ1v) is 7.80. The van der Waals surface area contributed by atoms with Gasteiger partial charge in [0, 0.05) is 15.1 Å². The Morgan fingerprint density at radius 1 is 0.842 bits per heavy atom. The Morgan fingerprint density at radius 3 is 2.05 bits per heavy atom. The first-order valence-electron chi connectivity index (χ1n) is 5.76. The van der Waals surface area contributed by atoms with E-state index in [1.165, 1.54) is 11.1 Å². The summed E-state index contributed by atoms with van der Waals surface area (Å²) >= 11 is 22.2. The van der Waals surface area contributed by atoms with E-state index in [9.17, 15) is 0 Å². The number of benzene rings is 2. The first-order chi connectivity index (χ1) is 8.90. The molecule has 0 saturated carbocycles. The van der Waals surface area contributed by atoms with Gasteiger partial charge < -0.3 is 0 Å². The van der Waals surface area contributed by atoms with Crippen molar-refractivity contribution < 1.29 is 0 Å². The highest BCUT2D eigenvalue weighted by Gasteiger charge is 2.17.